The van der Waals surface area contributed by atoms with Gasteiger partial charge in [-0.2, -0.15) is 0 Å². The third-order valence-corrected chi connectivity index (χ3v) is 2.67. The van der Waals surface area contributed by atoms with Crippen molar-refractivity contribution in [3.8, 4) is 23.7 Å². The van der Waals surface area contributed by atoms with Crippen molar-refractivity contribution in [2.45, 2.75) is 13.3 Å². The van der Waals surface area contributed by atoms with Crippen molar-refractivity contribution in [2.24, 2.45) is 0 Å². The number of benzene rings is 2. The summed E-state index contributed by atoms with van der Waals surface area (Å²) in [5.41, 5.74) is 4.14. The van der Waals surface area contributed by atoms with Gasteiger partial charge in [-0.3, -0.25) is 0 Å². The third-order valence-electron chi connectivity index (χ3n) is 2.67. The van der Waals surface area contributed by atoms with Crippen molar-refractivity contribution in [3.63, 3.8) is 0 Å². The van der Waals surface area contributed by atoms with Crippen molar-refractivity contribution >= 4 is 0 Å². The van der Waals surface area contributed by atoms with Gasteiger partial charge in [0.25, 0.3) is 0 Å². The van der Waals surface area contributed by atoms with E-state index >= 15 is 0 Å². The Morgan fingerprint density at radius 2 is 1.55 bits per heavy atom. The first-order valence-corrected chi connectivity index (χ1v) is 6.54. The molecule has 96 valence electrons. The predicted molar refractivity (Wildman–Crippen MR) is 85.2 cm³/mol. The van der Waals surface area contributed by atoms with Gasteiger partial charge in [0.15, 0.2) is 0 Å². The van der Waals surface area contributed by atoms with Crippen LogP contribution in [0.4, 0.5) is 0 Å². The van der Waals surface area contributed by atoms with Crippen LogP contribution in [0.3, 0.4) is 0 Å². The SMILES string of the molecule is C=C(C)C#Cc1ccc(CC#Cc2ccccc2)cc1. The predicted octanol–water partition coefficient (Wildman–Crippen LogP) is 4.21. The normalized spacial score (nSPS) is 8.85. The van der Waals surface area contributed by atoms with E-state index in [1.165, 1.54) is 5.56 Å². The van der Waals surface area contributed by atoms with Gasteiger partial charge in [0.1, 0.15) is 0 Å². The molecule has 0 heterocycles. The van der Waals surface area contributed by atoms with E-state index in [0.29, 0.717) is 0 Å². The second kappa shape index (κ2) is 7.03. The molecule has 20 heavy (non-hydrogen) atoms. The minimum Gasteiger partial charge on any atom is -0.0931 e. The Labute approximate surface area is 121 Å². The van der Waals surface area contributed by atoms with Gasteiger partial charge < -0.3 is 0 Å². The molecule has 0 unspecified atom stereocenters. The molecule has 0 nitrogen and oxygen atoms in total. The number of rotatable bonds is 1. The molecule has 0 fully saturated rings. The van der Waals surface area contributed by atoms with E-state index in [0.717, 1.165) is 23.1 Å². The highest BCUT2D eigenvalue weighted by atomic mass is 13.9. The summed E-state index contributed by atoms with van der Waals surface area (Å²) in [5, 5.41) is 0. The van der Waals surface area contributed by atoms with E-state index < -0.39 is 0 Å². The summed E-state index contributed by atoms with van der Waals surface area (Å²) in [5.74, 6) is 12.4. The quantitative estimate of drug-likeness (QED) is 0.670. The Morgan fingerprint density at radius 1 is 0.900 bits per heavy atom. The van der Waals surface area contributed by atoms with Crippen LogP contribution in [0.1, 0.15) is 23.6 Å². The molecular weight excluding hydrogens is 240 g/mol. The highest BCUT2D eigenvalue weighted by Crippen LogP contribution is 2.04. The van der Waals surface area contributed by atoms with Crippen LogP contribution in [-0.2, 0) is 6.42 Å². The Bertz CT molecular complexity index is 696. The van der Waals surface area contributed by atoms with E-state index in [1.807, 2.05) is 49.4 Å². The molecule has 2 aromatic rings. The molecular formula is C20H16. The molecule has 0 aliphatic carbocycles. The van der Waals surface area contributed by atoms with Gasteiger partial charge >= 0.3 is 0 Å². The van der Waals surface area contributed by atoms with E-state index in [2.05, 4.69) is 42.4 Å². The maximum absolute atomic E-state index is 3.77. The lowest BCUT2D eigenvalue weighted by atomic mass is 10.1. The molecule has 0 saturated heterocycles. The minimum atomic E-state index is 0.753. The number of allylic oxidation sites excluding steroid dienone is 1. The van der Waals surface area contributed by atoms with Crippen molar-refractivity contribution < 1.29 is 0 Å². The Balaban J connectivity index is 2.00. The second-order valence-corrected chi connectivity index (χ2v) is 4.57. The Hall–Kier alpha value is -2.70. The number of hydrogen-bond donors (Lipinski definition) is 0. The van der Waals surface area contributed by atoms with E-state index in [1.54, 1.807) is 0 Å². The molecule has 0 spiro atoms. The van der Waals surface area contributed by atoms with Gasteiger partial charge in [0, 0.05) is 17.5 Å². The standard InChI is InChI=1S/C20H16/c1-17(2)11-12-20-15-13-19(14-16-20)10-6-9-18-7-4-3-5-8-18/h3-5,7-8,13-16H,1,10H2,2H3. The monoisotopic (exact) mass is 256 g/mol. The molecule has 0 aliphatic heterocycles. The maximum atomic E-state index is 3.77. The molecule has 2 rings (SSSR count). The first-order valence-electron chi connectivity index (χ1n) is 6.54. The molecule has 0 amide bonds. The van der Waals surface area contributed by atoms with Gasteiger partial charge in [0.05, 0.1) is 0 Å². The molecule has 0 radical (unpaired) electrons. The fraction of sp³-hybridized carbons (Fsp3) is 0.100. The van der Waals surface area contributed by atoms with Crippen LogP contribution >= 0.6 is 0 Å². The van der Waals surface area contributed by atoms with Crippen molar-refractivity contribution in [1.82, 2.24) is 0 Å². The van der Waals surface area contributed by atoms with Crippen LogP contribution in [0.15, 0.2) is 66.7 Å². The van der Waals surface area contributed by atoms with Gasteiger partial charge in [-0.05, 0) is 42.3 Å². The van der Waals surface area contributed by atoms with Crippen LogP contribution in [0.5, 0.6) is 0 Å². The summed E-state index contributed by atoms with van der Waals surface area (Å²) >= 11 is 0. The first kappa shape index (κ1) is 13.7. The van der Waals surface area contributed by atoms with Crippen LogP contribution in [0, 0.1) is 23.7 Å². The topological polar surface area (TPSA) is 0 Å². The molecule has 0 heteroatoms. The molecule has 0 saturated carbocycles. The lowest BCUT2D eigenvalue weighted by Gasteiger charge is -1.95. The summed E-state index contributed by atoms with van der Waals surface area (Å²) < 4.78 is 0. The van der Waals surface area contributed by atoms with E-state index in [9.17, 15) is 0 Å². The van der Waals surface area contributed by atoms with Gasteiger partial charge in [-0.25, -0.2) is 0 Å². The minimum absolute atomic E-state index is 0.753. The van der Waals surface area contributed by atoms with E-state index in [-0.39, 0.29) is 0 Å². The first-order chi connectivity index (χ1) is 9.74. The second-order valence-electron chi connectivity index (χ2n) is 4.57. The van der Waals surface area contributed by atoms with Crippen LogP contribution < -0.4 is 0 Å². The lowest BCUT2D eigenvalue weighted by molar-refractivity contribution is 1.31. The van der Waals surface area contributed by atoms with Gasteiger partial charge in [-0.1, -0.05) is 60.6 Å². The number of hydrogen-bond acceptors (Lipinski definition) is 0. The summed E-state index contributed by atoms with van der Waals surface area (Å²) in [7, 11) is 0. The average Bonchev–Trinajstić information content (AvgIpc) is 2.47. The molecule has 0 N–H and O–H groups in total. The fourth-order valence-electron chi connectivity index (χ4n) is 1.65. The van der Waals surface area contributed by atoms with Crippen LogP contribution in [0.2, 0.25) is 0 Å². The lowest BCUT2D eigenvalue weighted by Crippen LogP contribution is -1.82. The molecule has 0 atom stereocenters. The fourth-order valence-corrected chi connectivity index (χ4v) is 1.65. The third kappa shape index (κ3) is 4.52. The van der Waals surface area contributed by atoms with Crippen molar-refractivity contribution in [3.05, 3.63) is 83.4 Å². The molecule has 2 aromatic carbocycles. The van der Waals surface area contributed by atoms with E-state index in [4.69, 9.17) is 0 Å². The highest BCUT2D eigenvalue weighted by molar-refractivity contribution is 5.41. The molecule has 0 aliphatic rings. The Morgan fingerprint density at radius 3 is 2.20 bits per heavy atom. The maximum Gasteiger partial charge on any atom is 0.0344 e. The summed E-state index contributed by atoms with van der Waals surface area (Å²) in [6.45, 7) is 5.67. The largest absolute Gasteiger partial charge is 0.0931 e. The zero-order valence-electron chi connectivity index (χ0n) is 11.6. The summed E-state index contributed by atoms with van der Waals surface area (Å²) in [4.78, 5) is 0. The zero-order valence-corrected chi connectivity index (χ0v) is 11.6. The van der Waals surface area contributed by atoms with Crippen molar-refractivity contribution in [2.75, 3.05) is 0 Å². The summed E-state index contributed by atoms with van der Waals surface area (Å²) in [6, 6.07) is 18.2. The van der Waals surface area contributed by atoms with Gasteiger partial charge in [0.2, 0.25) is 0 Å². The van der Waals surface area contributed by atoms with Crippen LogP contribution in [-0.4, -0.2) is 0 Å². The van der Waals surface area contributed by atoms with Crippen molar-refractivity contribution in [1.29, 1.82) is 0 Å². The average molecular weight is 256 g/mol. The van der Waals surface area contributed by atoms with Crippen LogP contribution in [0.25, 0.3) is 0 Å². The molecule has 0 aromatic heterocycles. The molecule has 0 bridgehead atoms. The van der Waals surface area contributed by atoms with Gasteiger partial charge in [-0.15, -0.1) is 0 Å². The summed E-state index contributed by atoms with van der Waals surface area (Å²) in [6.07, 6.45) is 0.753. The zero-order chi connectivity index (χ0) is 14.2. The Kier molecular flexibility index (Phi) is 4.82. The smallest absolute Gasteiger partial charge is 0.0344 e. The highest BCUT2D eigenvalue weighted by Gasteiger charge is 1.90.